The summed E-state index contributed by atoms with van der Waals surface area (Å²) in [4.78, 5) is 37.9. The van der Waals surface area contributed by atoms with Crippen molar-refractivity contribution in [3.8, 4) is 0 Å². The normalized spacial score (nSPS) is 12.9. The van der Waals surface area contributed by atoms with Crippen LogP contribution in [0.1, 0.15) is 284 Å². The van der Waals surface area contributed by atoms with Crippen LogP contribution in [0.25, 0.3) is 0 Å². The lowest BCUT2D eigenvalue weighted by Crippen LogP contribution is -2.30. The number of hydrogen-bond acceptors (Lipinski definition) is 6. The van der Waals surface area contributed by atoms with Gasteiger partial charge in [0.1, 0.15) is 13.2 Å². The number of carbonyl (C=O) groups is 3. The lowest BCUT2D eigenvalue weighted by Gasteiger charge is -2.18. The maximum Gasteiger partial charge on any atom is 0.306 e. The van der Waals surface area contributed by atoms with E-state index in [4.69, 9.17) is 14.2 Å². The van der Waals surface area contributed by atoms with Gasteiger partial charge in [-0.05, 0) is 96.3 Å². The fourth-order valence-corrected chi connectivity index (χ4v) is 8.53. The van der Waals surface area contributed by atoms with E-state index in [1.54, 1.807) is 0 Å². The van der Waals surface area contributed by atoms with E-state index in [0.29, 0.717) is 19.3 Å². The van der Waals surface area contributed by atoms with Crippen LogP contribution in [0.5, 0.6) is 0 Å². The number of hydrogen-bond donors (Lipinski definition) is 0. The van der Waals surface area contributed by atoms with Crippen molar-refractivity contribution in [1.82, 2.24) is 0 Å². The highest BCUT2D eigenvalue weighted by Gasteiger charge is 2.19. The summed E-state index contributed by atoms with van der Waals surface area (Å²) >= 11 is 0. The second-order valence-electron chi connectivity index (χ2n) is 20.6. The van der Waals surface area contributed by atoms with E-state index in [0.717, 1.165) is 135 Å². The first kappa shape index (κ1) is 71.8. The highest BCUT2D eigenvalue weighted by atomic mass is 16.6. The molecule has 0 saturated heterocycles. The van der Waals surface area contributed by atoms with E-state index < -0.39 is 6.10 Å². The third-order valence-electron chi connectivity index (χ3n) is 13.2. The molecule has 0 radical (unpaired) electrons. The molecule has 0 bridgehead atoms. The molecular formula is C70H116O6. The summed E-state index contributed by atoms with van der Waals surface area (Å²) in [5, 5.41) is 0. The Labute approximate surface area is 469 Å². The fraction of sp³-hybridized carbons (Fsp3) is 0.671. The molecule has 0 aromatic heterocycles. The second kappa shape index (κ2) is 63.3. The first-order chi connectivity index (χ1) is 37.5. The standard InChI is InChI=1S/C70H116O6/c1-4-7-10-13-16-18-20-22-24-26-27-28-29-30-31-32-33-34-35-36-37-38-39-40-41-42-43-45-46-48-50-52-54-57-60-63-69(72)75-66-67(65-74-68(71)62-59-56-15-12-9-6-3)76-70(73)64-61-58-55-53-51-49-47-44-25-23-21-19-17-14-11-8-5-2/h7,10,16,18,22,24,27-28,30-31,33-34,36-37,39-40,42-43,46,48,67H,4-6,8-9,11-15,17,19-21,23,25-26,29,32,35,38,41,44-45,47,49-66H2,1-3H3/b10-7-,18-16-,24-22-,28-27-,31-30-,34-33-,37-36-,40-39-,43-42-,48-46-. The summed E-state index contributed by atoms with van der Waals surface area (Å²) in [7, 11) is 0. The summed E-state index contributed by atoms with van der Waals surface area (Å²) in [5.41, 5.74) is 0. The van der Waals surface area contributed by atoms with Gasteiger partial charge in [-0.2, -0.15) is 0 Å². The maximum absolute atomic E-state index is 12.8. The third-order valence-corrected chi connectivity index (χ3v) is 13.2. The lowest BCUT2D eigenvalue weighted by atomic mass is 10.0. The van der Waals surface area contributed by atoms with Crippen molar-refractivity contribution < 1.29 is 28.6 Å². The van der Waals surface area contributed by atoms with Gasteiger partial charge in [-0.15, -0.1) is 0 Å². The molecule has 0 spiro atoms. The Morgan fingerprint density at radius 1 is 0.276 bits per heavy atom. The van der Waals surface area contributed by atoms with Crippen molar-refractivity contribution in [3.05, 3.63) is 122 Å². The minimum Gasteiger partial charge on any atom is -0.462 e. The Balaban J connectivity index is 4.15. The number of carbonyl (C=O) groups excluding carboxylic acids is 3. The zero-order valence-corrected chi connectivity index (χ0v) is 49.5. The van der Waals surface area contributed by atoms with Crippen LogP contribution in [0.3, 0.4) is 0 Å². The summed E-state index contributed by atoms with van der Waals surface area (Å²) in [6.07, 6.45) is 88.1. The van der Waals surface area contributed by atoms with Gasteiger partial charge in [0.25, 0.3) is 0 Å². The first-order valence-electron chi connectivity index (χ1n) is 31.5. The van der Waals surface area contributed by atoms with Gasteiger partial charge in [0, 0.05) is 19.3 Å². The molecule has 0 rings (SSSR count). The van der Waals surface area contributed by atoms with E-state index in [1.807, 2.05) is 0 Å². The number of rotatable bonds is 56. The summed E-state index contributed by atoms with van der Waals surface area (Å²) in [6.45, 7) is 6.46. The molecule has 6 nitrogen and oxygen atoms in total. The van der Waals surface area contributed by atoms with Gasteiger partial charge in [-0.3, -0.25) is 14.4 Å². The van der Waals surface area contributed by atoms with Crippen LogP contribution in [0.2, 0.25) is 0 Å². The van der Waals surface area contributed by atoms with Crippen molar-refractivity contribution in [2.24, 2.45) is 0 Å². The zero-order valence-electron chi connectivity index (χ0n) is 49.5. The number of esters is 3. The molecule has 6 heteroatoms. The topological polar surface area (TPSA) is 78.9 Å². The molecule has 0 N–H and O–H groups in total. The van der Waals surface area contributed by atoms with Crippen molar-refractivity contribution >= 4 is 17.9 Å². The van der Waals surface area contributed by atoms with E-state index in [-0.39, 0.29) is 31.1 Å². The molecule has 1 unspecified atom stereocenters. The van der Waals surface area contributed by atoms with Gasteiger partial charge in [-0.25, -0.2) is 0 Å². The average molecular weight is 1050 g/mol. The Bertz CT molecular complexity index is 1590. The van der Waals surface area contributed by atoms with Gasteiger partial charge in [0.05, 0.1) is 0 Å². The molecule has 0 aliphatic heterocycles. The van der Waals surface area contributed by atoms with Gasteiger partial charge < -0.3 is 14.2 Å². The molecule has 1 atom stereocenters. The predicted octanol–water partition coefficient (Wildman–Crippen LogP) is 21.6. The molecule has 0 amide bonds. The van der Waals surface area contributed by atoms with Crippen molar-refractivity contribution in [3.63, 3.8) is 0 Å². The van der Waals surface area contributed by atoms with Crippen LogP contribution in [-0.4, -0.2) is 37.2 Å². The van der Waals surface area contributed by atoms with Crippen LogP contribution in [0.4, 0.5) is 0 Å². The quantitative estimate of drug-likeness (QED) is 0.0261. The molecule has 432 valence electrons. The highest BCUT2D eigenvalue weighted by Crippen LogP contribution is 2.16. The monoisotopic (exact) mass is 1050 g/mol. The third kappa shape index (κ3) is 60.7. The van der Waals surface area contributed by atoms with Crippen LogP contribution < -0.4 is 0 Å². The van der Waals surface area contributed by atoms with Crippen LogP contribution in [0.15, 0.2) is 122 Å². The molecule has 0 aliphatic rings. The Hall–Kier alpha value is -4.19. The Morgan fingerprint density at radius 2 is 0.513 bits per heavy atom. The fourth-order valence-electron chi connectivity index (χ4n) is 8.53. The zero-order chi connectivity index (χ0) is 55.0. The number of unbranched alkanes of at least 4 members (excludes halogenated alkanes) is 25. The molecule has 0 saturated carbocycles. The Kier molecular flexibility index (Phi) is 59.9. The first-order valence-corrected chi connectivity index (χ1v) is 31.5. The number of allylic oxidation sites excluding steroid dienone is 20. The van der Waals surface area contributed by atoms with Gasteiger partial charge in [0.2, 0.25) is 0 Å². The molecular weight excluding hydrogens is 937 g/mol. The largest absolute Gasteiger partial charge is 0.462 e. The van der Waals surface area contributed by atoms with Crippen molar-refractivity contribution in [1.29, 1.82) is 0 Å². The molecule has 0 aromatic rings. The molecule has 0 aliphatic carbocycles. The predicted molar refractivity (Wildman–Crippen MR) is 330 cm³/mol. The van der Waals surface area contributed by atoms with Crippen LogP contribution in [-0.2, 0) is 28.6 Å². The summed E-state index contributed by atoms with van der Waals surface area (Å²) in [6, 6.07) is 0. The van der Waals surface area contributed by atoms with Gasteiger partial charge >= 0.3 is 17.9 Å². The van der Waals surface area contributed by atoms with Gasteiger partial charge in [0.15, 0.2) is 6.10 Å². The maximum atomic E-state index is 12.8. The van der Waals surface area contributed by atoms with Crippen molar-refractivity contribution in [2.45, 2.75) is 290 Å². The SMILES string of the molecule is CC/C=C\C/C=C\C/C=C\C/C=C\C/C=C\C/C=C\C/C=C\C/C=C\C/C=C\C/C=C\CCCCCCC(=O)OCC(COC(=O)CCCCCCCC)OC(=O)CCCCCCCCCCCCCCCCCCC. The van der Waals surface area contributed by atoms with Crippen LogP contribution >= 0.6 is 0 Å². The van der Waals surface area contributed by atoms with Crippen molar-refractivity contribution in [2.75, 3.05) is 13.2 Å². The van der Waals surface area contributed by atoms with Gasteiger partial charge in [-0.1, -0.05) is 290 Å². The lowest BCUT2D eigenvalue weighted by molar-refractivity contribution is -0.167. The minimum atomic E-state index is -0.785. The molecule has 76 heavy (non-hydrogen) atoms. The highest BCUT2D eigenvalue weighted by molar-refractivity contribution is 5.71. The van der Waals surface area contributed by atoms with E-state index >= 15 is 0 Å². The summed E-state index contributed by atoms with van der Waals surface area (Å²) in [5.74, 6) is -0.916. The van der Waals surface area contributed by atoms with Crippen LogP contribution in [0, 0.1) is 0 Å². The number of ether oxygens (including phenoxy) is 3. The van der Waals surface area contributed by atoms with E-state index in [9.17, 15) is 14.4 Å². The minimum absolute atomic E-state index is 0.0851. The summed E-state index contributed by atoms with van der Waals surface area (Å²) < 4.78 is 16.8. The average Bonchev–Trinajstić information content (AvgIpc) is 3.42. The molecule has 0 heterocycles. The smallest absolute Gasteiger partial charge is 0.306 e. The molecule has 0 aromatic carbocycles. The van der Waals surface area contributed by atoms with E-state index in [1.165, 1.54) is 109 Å². The molecule has 0 fully saturated rings. The second-order valence-corrected chi connectivity index (χ2v) is 20.6. The van der Waals surface area contributed by atoms with E-state index in [2.05, 4.69) is 142 Å². The Morgan fingerprint density at radius 3 is 0.803 bits per heavy atom.